The van der Waals surface area contributed by atoms with Gasteiger partial charge < -0.3 is 9.47 Å². The monoisotopic (exact) mass is 158 g/mol. The molecule has 1 fully saturated rings. The lowest BCUT2D eigenvalue weighted by Gasteiger charge is -2.23. The first-order valence-electron chi connectivity index (χ1n) is 3.95. The number of ether oxygens (including phenoxy) is 2. The minimum atomic E-state index is 0.208. The molecule has 0 aromatic heterocycles. The zero-order chi connectivity index (χ0) is 8.10. The maximum Gasteiger partial charge on any atom is 0.138 e. The van der Waals surface area contributed by atoms with Crippen LogP contribution < -0.4 is 0 Å². The number of hydrogen-bond donors (Lipinski definition) is 0. The van der Waals surface area contributed by atoms with E-state index in [9.17, 15) is 4.79 Å². The van der Waals surface area contributed by atoms with Gasteiger partial charge in [0, 0.05) is 33.2 Å². The summed E-state index contributed by atoms with van der Waals surface area (Å²) in [5, 5.41) is 0. The Labute approximate surface area is 66.7 Å². The molecule has 0 atom stereocenters. The lowest BCUT2D eigenvalue weighted by Crippen LogP contribution is -2.31. The Morgan fingerprint density at radius 2 is 2.18 bits per heavy atom. The molecule has 3 heteroatoms. The fraction of sp³-hybridized carbons (Fsp3) is 0.875. The first-order valence-corrected chi connectivity index (χ1v) is 3.95. The number of ketones is 1. The molecule has 1 rings (SSSR count). The van der Waals surface area contributed by atoms with Gasteiger partial charge in [-0.15, -0.1) is 0 Å². The van der Waals surface area contributed by atoms with Crippen LogP contribution in [0.4, 0.5) is 0 Å². The minimum Gasteiger partial charge on any atom is -0.385 e. The molecule has 0 aromatic carbocycles. The molecule has 1 aliphatic rings. The maximum absolute atomic E-state index is 10.5. The number of methoxy groups -OCH3 is 1. The van der Waals surface area contributed by atoms with Crippen molar-refractivity contribution < 1.29 is 14.3 Å². The van der Waals surface area contributed by atoms with Crippen LogP contribution in [0.3, 0.4) is 0 Å². The molecule has 11 heavy (non-hydrogen) atoms. The second-order valence-electron chi connectivity index (χ2n) is 2.79. The summed E-state index contributed by atoms with van der Waals surface area (Å²) in [4.78, 5) is 10.5. The van der Waals surface area contributed by atoms with Crippen LogP contribution in [0.5, 0.6) is 0 Å². The number of hydrogen-bond acceptors (Lipinski definition) is 3. The van der Waals surface area contributed by atoms with Crippen LogP contribution in [0, 0.1) is 0 Å². The van der Waals surface area contributed by atoms with Crippen molar-refractivity contribution in [1.29, 1.82) is 0 Å². The molecule has 0 amide bonds. The van der Waals surface area contributed by atoms with Gasteiger partial charge in [-0.25, -0.2) is 0 Å². The third-order valence-corrected chi connectivity index (χ3v) is 1.76. The molecule has 0 aliphatic heterocycles. The summed E-state index contributed by atoms with van der Waals surface area (Å²) in [7, 11) is 1.67. The molecule has 0 saturated heterocycles. The molecule has 0 N–H and O–H groups in total. The standard InChI is InChI=1S/C8H14O3/c1-10-3-2-4-11-8-5-7(9)6-8/h8H,2-6H2,1H3. The summed E-state index contributed by atoms with van der Waals surface area (Å²) in [5.74, 6) is 0.321. The van der Waals surface area contributed by atoms with Gasteiger partial charge in [0.1, 0.15) is 5.78 Å². The zero-order valence-corrected chi connectivity index (χ0v) is 6.84. The Hall–Kier alpha value is -0.410. The minimum absolute atomic E-state index is 0.208. The number of carbonyl (C=O) groups is 1. The molecule has 3 nitrogen and oxygen atoms in total. The molecule has 0 radical (unpaired) electrons. The van der Waals surface area contributed by atoms with Gasteiger partial charge in [0.05, 0.1) is 6.10 Å². The smallest absolute Gasteiger partial charge is 0.138 e. The highest BCUT2D eigenvalue weighted by Gasteiger charge is 2.26. The van der Waals surface area contributed by atoms with Crippen molar-refractivity contribution in [3.05, 3.63) is 0 Å². The van der Waals surface area contributed by atoms with Crippen LogP contribution in [0.25, 0.3) is 0 Å². The van der Waals surface area contributed by atoms with Crippen LogP contribution >= 0.6 is 0 Å². The van der Waals surface area contributed by atoms with Crippen molar-refractivity contribution in [3.63, 3.8) is 0 Å². The molecule has 0 aromatic rings. The van der Waals surface area contributed by atoms with Crippen molar-refractivity contribution in [3.8, 4) is 0 Å². The topological polar surface area (TPSA) is 35.5 Å². The van der Waals surface area contributed by atoms with Crippen molar-refractivity contribution in [1.82, 2.24) is 0 Å². The Kier molecular flexibility index (Phi) is 3.52. The van der Waals surface area contributed by atoms with Crippen LogP contribution in [-0.2, 0) is 14.3 Å². The number of rotatable bonds is 5. The second-order valence-corrected chi connectivity index (χ2v) is 2.79. The molecule has 1 aliphatic carbocycles. The number of carbonyl (C=O) groups excluding carboxylic acids is 1. The molecule has 0 heterocycles. The third kappa shape index (κ3) is 2.99. The highest BCUT2D eigenvalue weighted by atomic mass is 16.5. The molecular formula is C8H14O3. The number of Topliss-reactive ketones (excluding diaryl/α,β-unsaturated/α-hetero) is 1. The summed E-state index contributed by atoms with van der Waals surface area (Å²) in [6.45, 7) is 1.45. The Bertz CT molecular complexity index is 125. The Balaban J connectivity index is 1.85. The van der Waals surface area contributed by atoms with Crippen LogP contribution in [0.1, 0.15) is 19.3 Å². The second kappa shape index (κ2) is 4.46. The Morgan fingerprint density at radius 3 is 2.73 bits per heavy atom. The van der Waals surface area contributed by atoms with E-state index in [2.05, 4.69) is 0 Å². The van der Waals surface area contributed by atoms with Crippen LogP contribution in [0.2, 0.25) is 0 Å². The van der Waals surface area contributed by atoms with E-state index in [0.29, 0.717) is 25.2 Å². The predicted molar refractivity (Wildman–Crippen MR) is 40.5 cm³/mol. The lowest BCUT2D eigenvalue weighted by atomic mass is 9.94. The van der Waals surface area contributed by atoms with Crippen LogP contribution in [0.15, 0.2) is 0 Å². The zero-order valence-electron chi connectivity index (χ0n) is 6.84. The van der Waals surface area contributed by atoms with Gasteiger partial charge in [-0.1, -0.05) is 0 Å². The molecule has 64 valence electrons. The quantitative estimate of drug-likeness (QED) is 0.554. The summed E-state index contributed by atoms with van der Waals surface area (Å²) in [6.07, 6.45) is 2.36. The Morgan fingerprint density at radius 1 is 1.45 bits per heavy atom. The molecule has 1 saturated carbocycles. The average Bonchev–Trinajstić information content (AvgIpc) is 1.94. The van der Waals surface area contributed by atoms with Crippen molar-refractivity contribution in [2.45, 2.75) is 25.4 Å². The molecular weight excluding hydrogens is 144 g/mol. The maximum atomic E-state index is 10.5. The van der Waals surface area contributed by atoms with E-state index in [-0.39, 0.29) is 6.10 Å². The third-order valence-electron chi connectivity index (χ3n) is 1.76. The van der Waals surface area contributed by atoms with Gasteiger partial charge in [-0.05, 0) is 6.42 Å². The summed E-state index contributed by atoms with van der Waals surface area (Å²) in [5.41, 5.74) is 0. The molecule has 0 spiro atoms. The van der Waals surface area contributed by atoms with E-state index >= 15 is 0 Å². The van der Waals surface area contributed by atoms with Gasteiger partial charge in [0.2, 0.25) is 0 Å². The summed E-state index contributed by atoms with van der Waals surface area (Å²) >= 11 is 0. The van der Waals surface area contributed by atoms with Gasteiger partial charge in [-0.2, -0.15) is 0 Å². The fourth-order valence-electron chi connectivity index (χ4n) is 1.02. The highest BCUT2D eigenvalue weighted by Crippen LogP contribution is 2.17. The lowest BCUT2D eigenvalue weighted by molar-refractivity contribution is -0.134. The normalized spacial score (nSPS) is 18.5. The summed E-state index contributed by atoms with van der Waals surface area (Å²) in [6, 6.07) is 0. The van der Waals surface area contributed by atoms with E-state index in [4.69, 9.17) is 9.47 Å². The van der Waals surface area contributed by atoms with Gasteiger partial charge in [0.15, 0.2) is 0 Å². The van der Waals surface area contributed by atoms with Crippen molar-refractivity contribution >= 4 is 5.78 Å². The van der Waals surface area contributed by atoms with E-state index in [1.807, 2.05) is 0 Å². The van der Waals surface area contributed by atoms with Crippen LogP contribution in [-0.4, -0.2) is 32.2 Å². The van der Waals surface area contributed by atoms with E-state index in [1.54, 1.807) is 7.11 Å². The van der Waals surface area contributed by atoms with E-state index in [1.165, 1.54) is 0 Å². The van der Waals surface area contributed by atoms with Gasteiger partial charge in [-0.3, -0.25) is 4.79 Å². The highest BCUT2D eigenvalue weighted by molar-refractivity contribution is 5.85. The average molecular weight is 158 g/mol. The first kappa shape index (κ1) is 8.68. The van der Waals surface area contributed by atoms with Crippen molar-refractivity contribution in [2.75, 3.05) is 20.3 Å². The molecule has 0 bridgehead atoms. The largest absolute Gasteiger partial charge is 0.385 e. The predicted octanol–water partition coefficient (Wildman–Crippen LogP) is 0.771. The fourth-order valence-corrected chi connectivity index (χ4v) is 1.02. The summed E-state index contributed by atoms with van der Waals surface area (Å²) < 4.78 is 10.2. The molecule has 0 unspecified atom stereocenters. The van der Waals surface area contributed by atoms with Gasteiger partial charge in [0.25, 0.3) is 0 Å². The van der Waals surface area contributed by atoms with E-state index < -0.39 is 0 Å². The first-order chi connectivity index (χ1) is 5.33. The van der Waals surface area contributed by atoms with Gasteiger partial charge >= 0.3 is 0 Å². The SMILES string of the molecule is COCCCOC1CC(=O)C1. The van der Waals surface area contributed by atoms with Crippen molar-refractivity contribution in [2.24, 2.45) is 0 Å². The van der Waals surface area contributed by atoms with E-state index in [0.717, 1.165) is 13.0 Å².